The average Bonchev–Trinajstić information content (AvgIpc) is 3.15. The third-order valence-electron chi connectivity index (χ3n) is 10.8. The second kappa shape index (κ2) is 10.5. The molecule has 3 saturated carbocycles. The van der Waals surface area contributed by atoms with E-state index < -0.39 is 6.16 Å². The number of hydrogen-bond donors (Lipinski definition) is 1. The van der Waals surface area contributed by atoms with E-state index in [0.29, 0.717) is 5.41 Å². The van der Waals surface area contributed by atoms with Gasteiger partial charge >= 0.3 is 6.16 Å². The number of ether oxygens (including phenoxy) is 2. The molecule has 1 N–H and O–H groups in total. The summed E-state index contributed by atoms with van der Waals surface area (Å²) in [7, 11) is 0. The van der Waals surface area contributed by atoms with Gasteiger partial charge in [0.2, 0.25) is 0 Å². The van der Waals surface area contributed by atoms with Crippen LogP contribution in [0.4, 0.5) is 4.79 Å². The fraction of sp³-hybridized carbons (Fsp3) is 0.900. The van der Waals surface area contributed by atoms with Gasteiger partial charge in [-0.25, -0.2) is 4.79 Å². The molecule has 0 amide bonds. The van der Waals surface area contributed by atoms with Crippen LogP contribution in [0.15, 0.2) is 11.6 Å². The summed E-state index contributed by atoms with van der Waals surface area (Å²) in [5.74, 6) is 5.06. The second-order valence-electron chi connectivity index (χ2n) is 13.1. The Kier molecular flexibility index (Phi) is 8.06. The van der Waals surface area contributed by atoms with E-state index in [-0.39, 0.29) is 24.7 Å². The molecule has 0 bridgehead atoms. The van der Waals surface area contributed by atoms with Crippen molar-refractivity contribution in [2.75, 3.05) is 13.2 Å². The lowest BCUT2D eigenvalue weighted by atomic mass is 9.47. The molecule has 0 heterocycles. The van der Waals surface area contributed by atoms with E-state index in [2.05, 4.69) is 40.7 Å². The third-order valence-corrected chi connectivity index (χ3v) is 10.8. The molecule has 4 aliphatic carbocycles. The van der Waals surface area contributed by atoms with Crippen molar-refractivity contribution < 1.29 is 19.4 Å². The van der Waals surface area contributed by atoms with Crippen molar-refractivity contribution in [1.82, 2.24) is 0 Å². The van der Waals surface area contributed by atoms with Gasteiger partial charge in [-0.15, -0.1) is 0 Å². The molecular formula is C30H50O4. The van der Waals surface area contributed by atoms with Crippen molar-refractivity contribution in [1.29, 1.82) is 0 Å². The lowest BCUT2D eigenvalue weighted by molar-refractivity contribution is -0.0620. The van der Waals surface area contributed by atoms with Crippen LogP contribution in [0.3, 0.4) is 0 Å². The quantitative estimate of drug-likeness (QED) is 0.291. The smallest absolute Gasteiger partial charge is 0.432 e. The minimum atomic E-state index is -0.634. The molecule has 0 aromatic rings. The Morgan fingerprint density at radius 1 is 1.09 bits per heavy atom. The number of aliphatic hydroxyl groups is 1. The van der Waals surface area contributed by atoms with Gasteiger partial charge in [0.1, 0.15) is 12.7 Å². The summed E-state index contributed by atoms with van der Waals surface area (Å²) in [5.41, 5.74) is 2.32. The van der Waals surface area contributed by atoms with Gasteiger partial charge in [-0.3, -0.25) is 0 Å². The summed E-state index contributed by atoms with van der Waals surface area (Å²) in [6.07, 6.45) is 15.7. The number of carbonyl (C=O) groups excluding carboxylic acids is 1. The molecule has 4 rings (SSSR count). The van der Waals surface area contributed by atoms with Gasteiger partial charge in [0.05, 0.1) is 6.61 Å². The van der Waals surface area contributed by atoms with Crippen LogP contribution < -0.4 is 0 Å². The van der Waals surface area contributed by atoms with Crippen LogP contribution in [0, 0.1) is 46.3 Å². The van der Waals surface area contributed by atoms with Crippen LogP contribution >= 0.6 is 0 Å². The highest BCUT2D eigenvalue weighted by molar-refractivity contribution is 5.60. The van der Waals surface area contributed by atoms with Gasteiger partial charge in [0.15, 0.2) is 0 Å². The molecule has 4 nitrogen and oxygen atoms in total. The molecule has 34 heavy (non-hydrogen) atoms. The Balaban J connectivity index is 1.41. The maximum absolute atomic E-state index is 11.9. The van der Waals surface area contributed by atoms with Gasteiger partial charge in [0, 0.05) is 6.42 Å². The fourth-order valence-electron chi connectivity index (χ4n) is 9.05. The minimum absolute atomic E-state index is 0.00716. The van der Waals surface area contributed by atoms with E-state index in [1.807, 2.05) is 0 Å². The molecule has 4 aliphatic rings. The average molecular weight is 475 g/mol. The third kappa shape index (κ3) is 4.95. The Hall–Kier alpha value is -1.03. The molecule has 3 fully saturated rings. The Bertz CT molecular complexity index is 744. The zero-order chi connectivity index (χ0) is 24.5. The normalized spacial score (nSPS) is 40.1. The zero-order valence-corrected chi connectivity index (χ0v) is 22.5. The Morgan fingerprint density at radius 3 is 2.62 bits per heavy atom. The molecule has 0 aliphatic heterocycles. The van der Waals surface area contributed by atoms with Crippen molar-refractivity contribution in [3.63, 3.8) is 0 Å². The lowest BCUT2D eigenvalue weighted by Crippen LogP contribution is -2.51. The number of fused-ring (bicyclic) bond motifs is 5. The molecule has 0 aromatic carbocycles. The van der Waals surface area contributed by atoms with Crippen molar-refractivity contribution in [3.05, 3.63) is 11.6 Å². The predicted octanol–water partition coefficient (Wildman–Crippen LogP) is 7.54. The van der Waals surface area contributed by atoms with Crippen molar-refractivity contribution in [2.45, 2.75) is 111 Å². The highest BCUT2D eigenvalue weighted by atomic mass is 16.7. The highest BCUT2D eigenvalue weighted by Gasteiger charge is 2.59. The van der Waals surface area contributed by atoms with E-state index in [1.54, 1.807) is 0 Å². The molecule has 0 saturated heterocycles. The van der Waals surface area contributed by atoms with E-state index in [0.717, 1.165) is 54.8 Å². The van der Waals surface area contributed by atoms with Gasteiger partial charge in [-0.05, 0) is 91.3 Å². The number of carbonyl (C=O) groups is 1. The SMILES string of the molecule is CC(C)CCCC(C)C1CCC2C3CC=C4CC(OC(=O)OCCO)CCC4(C)C3CCC12C. The maximum atomic E-state index is 11.9. The van der Waals surface area contributed by atoms with E-state index in [1.165, 1.54) is 56.9 Å². The molecule has 0 radical (unpaired) electrons. The number of allylic oxidation sites excluding steroid dienone is 1. The van der Waals surface area contributed by atoms with Gasteiger partial charge in [-0.2, -0.15) is 0 Å². The largest absolute Gasteiger partial charge is 0.508 e. The first-order chi connectivity index (χ1) is 16.2. The monoisotopic (exact) mass is 474 g/mol. The standard InChI is InChI=1S/C30H50O4/c1-20(2)7-6-8-21(3)25-11-12-26-24-10-9-22-19-23(34-28(32)33-18-17-31)13-15-29(22,4)27(24)14-16-30(25,26)5/h9,20-21,23-27,31H,6-8,10-19H2,1-5H3. The maximum Gasteiger partial charge on any atom is 0.508 e. The fourth-order valence-corrected chi connectivity index (χ4v) is 9.05. The Labute approximate surface area is 208 Å². The van der Waals surface area contributed by atoms with Crippen LogP contribution in [0.1, 0.15) is 105 Å². The summed E-state index contributed by atoms with van der Waals surface area (Å²) < 4.78 is 10.5. The van der Waals surface area contributed by atoms with Crippen LogP contribution in [-0.4, -0.2) is 30.6 Å². The van der Waals surface area contributed by atoms with Crippen LogP contribution in [0.5, 0.6) is 0 Å². The van der Waals surface area contributed by atoms with Crippen molar-refractivity contribution >= 4 is 6.16 Å². The molecular weight excluding hydrogens is 424 g/mol. The van der Waals surface area contributed by atoms with Gasteiger partial charge < -0.3 is 14.6 Å². The molecule has 8 atom stereocenters. The van der Waals surface area contributed by atoms with Crippen LogP contribution in [0.2, 0.25) is 0 Å². The van der Waals surface area contributed by atoms with E-state index >= 15 is 0 Å². The Morgan fingerprint density at radius 2 is 1.88 bits per heavy atom. The number of aliphatic hydroxyl groups excluding tert-OH is 1. The van der Waals surface area contributed by atoms with Crippen LogP contribution in [-0.2, 0) is 9.47 Å². The lowest BCUT2D eigenvalue weighted by Gasteiger charge is -2.58. The first-order valence-corrected chi connectivity index (χ1v) is 14.3. The second-order valence-corrected chi connectivity index (χ2v) is 13.1. The summed E-state index contributed by atoms with van der Waals surface area (Å²) >= 11 is 0. The number of rotatable bonds is 8. The molecule has 4 heteroatoms. The van der Waals surface area contributed by atoms with Crippen molar-refractivity contribution in [3.8, 4) is 0 Å². The first kappa shape index (κ1) is 26.0. The first-order valence-electron chi connectivity index (χ1n) is 14.3. The minimum Gasteiger partial charge on any atom is -0.432 e. The van der Waals surface area contributed by atoms with Gasteiger partial charge in [-0.1, -0.05) is 65.5 Å². The molecule has 8 unspecified atom stereocenters. The summed E-state index contributed by atoms with van der Waals surface area (Å²) in [6, 6.07) is 0. The summed E-state index contributed by atoms with van der Waals surface area (Å²) in [5, 5.41) is 8.86. The summed E-state index contributed by atoms with van der Waals surface area (Å²) in [4.78, 5) is 11.9. The summed E-state index contributed by atoms with van der Waals surface area (Å²) in [6.45, 7) is 12.3. The highest BCUT2D eigenvalue weighted by Crippen LogP contribution is 2.67. The molecule has 0 spiro atoms. The van der Waals surface area contributed by atoms with Crippen molar-refractivity contribution in [2.24, 2.45) is 46.3 Å². The van der Waals surface area contributed by atoms with E-state index in [9.17, 15) is 4.79 Å². The topological polar surface area (TPSA) is 55.8 Å². The number of hydrogen-bond acceptors (Lipinski definition) is 4. The predicted molar refractivity (Wildman–Crippen MR) is 136 cm³/mol. The molecule has 194 valence electrons. The zero-order valence-electron chi connectivity index (χ0n) is 22.5. The van der Waals surface area contributed by atoms with E-state index in [4.69, 9.17) is 14.6 Å². The molecule has 0 aromatic heterocycles. The van der Waals surface area contributed by atoms with Crippen LogP contribution in [0.25, 0.3) is 0 Å². The van der Waals surface area contributed by atoms with Gasteiger partial charge in [0.25, 0.3) is 0 Å².